The van der Waals surface area contributed by atoms with Gasteiger partial charge in [-0.05, 0) is 19.1 Å². The summed E-state index contributed by atoms with van der Waals surface area (Å²) in [7, 11) is 0. The third-order valence-corrected chi connectivity index (χ3v) is 2.03. The first-order valence-corrected chi connectivity index (χ1v) is 5.33. The molecule has 4 N–H and O–H groups in total. The van der Waals surface area contributed by atoms with Gasteiger partial charge in [0.25, 0.3) is 0 Å². The Morgan fingerprint density at radius 2 is 2.06 bits per heavy atom. The molecule has 0 fully saturated rings. The van der Waals surface area contributed by atoms with Crippen molar-refractivity contribution in [1.29, 1.82) is 0 Å². The van der Waals surface area contributed by atoms with Crippen LogP contribution >= 0.6 is 0 Å². The summed E-state index contributed by atoms with van der Waals surface area (Å²) < 4.78 is 0. The molecule has 6 nitrogen and oxygen atoms in total. The van der Waals surface area contributed by atoms with Crippen LogP contribution in [0, 0.1) is 0 Å². The molecule has 1 aromatic rings. The number of anilines is 1. The summed E-state index contributed by atoms with van der Waals surface area (Å²) >= 11 is 0. The van der Waals surface area contributed by atoms with E-state index >= 15 is 0 Å². The number of nitrogens with two attached hydrogens (primary N) is 1. The van der Waals surface area contributed by atoms with Crippen molar-refractivity contribution in [3.8, 4) is 0 Å². The van der Waals surface area contributed by atoms with E-state index in [-0.39, 0.29) is 24.8 Å². The normalized spacial score (nSPS) is 11.6. The summed E-state index contributed by atoms with van der Waals surface area (Å²) in [5, 5.41) is 5.25. The van der Waals surface area contributed by atoms with Gasteiger partial charge in [0.15, 0.2) is 0 Å². The van der Waals surface area contributed by atoms with Gasteiger partial charge in [0.05, 0.1) is 6.04 Å². The van der Waals surface area contributed by atoms with Crippen LogP contribution in [0.2, 0.25) is 0 Å². The Hall–Kier alpha value is -1.95. The predicted octanol–water partition coefficient (Wildman–Crippen LogP) is -0.126. The fourth-order valence-corrected chi connectivity index (χ4v) is 1.12. The number of nitrogens with zero attached hydrogens (tertiary/aromatic N) is 1. The van der Waals surface area contributed by atoms with Gasteiger partial charge < -0.3 is 16.4 Å². The van der Waals surface area contributed by atoms with Crippen LogP contribution in [0.1, 0.15) is 13.3 Å². The smallest absolute Gasteiger partial charge is 0.236 e. The molecule has 0 saturated carbocycles. The van der Waals surface area contributed by atoms with E-state index in [0.717, 1.165) is 0 Å². The SMILES string of the molecule is CC(N)C(=O)NCCC(=O)Nc1ccncc1. The van der Waals surface area contributed by atoms with Gasteiger partial charge in [-0.3, -0.25) is 14.6 Å². The Bertz CT molecular complexity index is 378. The maximum atomic E-state index is 11.4. The lowest BCUT2D eigenvalue weighted by Crippen LogP contribution is -2.39. The summed E-state index contributed by atoms with van der Waals surface area (Å²) in [4.78, 5) is 26.4. The van der Waals surface area contributed by atoms with E-state index < -0.39 is 6.04 Å². The van der Waals surface area contributed by atoms with Gasteiger partial charge in [-0.2, -0.15) is 0 Å². The van der Waals surface area contributed by atoms with Crippen LogP contribution in [0.15, 0.2) is 24.5 Å². The van der Waals surface area contributed by atoms with E-state index in [1.807, 2.05) is 0 Å². The van der Waals surface area contributed by atoms with E-state index in [0.29, 0.717) is 5.69 Å². The predicted molar refractivity (Wildman–Crippen MR) is 64.1 cm³/mol. The number of amides is 2. The largest absolute Gasteiger partial charge is 0.354 e. The van der Waals surface area contributed by atoms with E-state index in [9.17, 15) is 9.59 Å². The molecular formula is C11H16N4O2. The minimum absolute atomic E-state index is 0.166. The summed E-state index contributed by atoms with van der Waals surface area (Å²) in [6, 6.07) is 2.83. The minimum Gasteiger partial charge on any atom is -0.354 e. The monoisotopic (exact) mass is 236 g/mol. The number of aromatic nitrogens is 1. The van der Waals surface area contributed by atoms with Gasteiger partial charge in [-0.1, -0.05) is 0 Å². The minimum atomic E-state index is -0.557. The molecule has 0 aliphatic heterocycles. The first-order valence-electron chi connectivity index (χ1n) is 5.33. The molecule has 1 heterocycles. The molecule has 0 radical (unpaired) electrons. The van der Waals surface area contributed by atoms with Crippen LogP contribution in [0.3, 0.4) is 0 Å². The summed E-state index contributed by atoms with van der Waals surface area (Å²) in [5.41, 5.74) is 6.04. The van der Waals surface area contributed by atoms with Gasteiger partial charge in [0, 0.05) is 31.0 Å². The highest BCUT2D eigenvalue weighted by Gasteiger charge is 2.07. The van der Waals surface area contributed by atoms with Gasteiger partial charge in [-0.15, -0.1) is 0 Å². The average Bonchev–Trinajstić information content (AvgIpc) is 2.30. The molecule has 0 saturated heterocycles. The lowest BCUT2D eigenvalue weighted by molar-refractivity contribution is -0.122. The average molecular weight is 236 g/mol. The zero-order chi connectivity index (χ0) is 12.7. The lowest BCUT2D eigenvalue weighted by atomic mass is 10.3. The van der Waals surface area contributed by atoms with E-state index in [2.05, 4.69) is 15.6 Å². The second kappa shape index (κ2) is 6.59. The van der Waals surface area contributed by atoms with Crippen LogP contribution in [0.5, 0.6) is 0 Å². The van der Waals surface area contributed by atoms with E-state index in [1.165, 1.54) is 0 Å². The van der Waals surface area contributed by atoms with Crippen molar-refractivity contribution in [2.45, 2.75) is 19.4 Å². The topological polar surface area (TPSA) is 97.1 Å². The zero-order valence-corrected chi connectivity index (χ0v) is 9.64. The van der Waals surface area contributed by atoms with Crippen molar-refractivity contribution in [3.63, 3.8) is 0 Å². The van der Waals surface area contributed by atoms with Crippen molar-refractivity contribution in [2.24, 2.45) is 5.73 Å². The standard InChI is InChI=1S/C11H16N4O2/c1-8(12)11(17)14-7-4-10(16)15-9-2-5-13-6-3-9/h2-3,5-6,8H,4,7,12H2,1H3,(H,14,17)(H,13,15,16). The highest BCUT2D eigenvalue weighted by Crippen LogP contribution is 2.03. The Labute approximate surface area is 99.6 Å². The number of hydrogen-bond acceptors (Lipinski definition) is 4. The van der Waals surface area contributed by atoms with Crippen LogP contribution in [0.25, 0.3) is 0 Å². The second-order valence-electron chi connectivity index (χ2n) is 3.61. The first kappa shape index (κ1) is 13.1. The molecule has 0 spiro atoms. The Kier molecular flexibility index (Phi) is 5.09. The van der Waals surface area contributed by atoms with Crippen molar-refractivity contribution in [2.75, 3.05) is 11.9 Å². The molecule has 0 aliphatic rings. The van der Waals surface area contributed by atoms with Crippen molar-refractivity contribution >= 4 is 17.5 Å². The van der Waals surface area contributed by atoms with Crippen molar-refractivity contribution in [3.05, 3.63) is 24.5 Å². The molecule has 0 aliphatic carbocycles. The number of pyridine rings is 1. The molecule has 1 rings (SSSR count). The molecule has 0 aromatic carbocycles. The van der Waals surface area contributed by atoms with Gasteiger partial charge in [-0.25, -0.2) is 0 Å². The van der Waals surface area contributed by atoms with E-state index in [1.54, 1.807) is 31.5 Å². The molecular weight excluding hydrogens is 220 g/mol. The Morgan fingerprint density at radius 1 is 1.41 bits per heavy atom. The number of hydrogen-bond donors (Lipinski definition) is 3. The maximum absolute atomic E-state index is 11.4. The van der Waals surface area contributed by atoms with Crippen LogP contribution in [0.4, 0.5) is 5.69 Å². The number of nitrogens with one attached hydrogen (secondary N) is 2. The third kappa shape index (κ3) is 5.07. The van der Waals surface area contributed by atoms with Gasteiger partial charge in [0.2, 0.25) is 11.8 Å². The van der Waals surface area contributed by atoms with Gasteiger partial charge in [0.1, 0.15) is 0 Å². The molecule has 0 bridgehead atoms. The van der Waals surface area contributed by atoms with Crippen LogP contribution in [-0.2, 0) is 9.59 Å². The summed E-state index contributed by atoms with van der Waals surface area (Å²) in [5.74, 6) is -0.428. The van der Waals surface area contributed by atoms with E-state index in [4.69, 9.17) is 5.73 Å². The Morgan fingerprint density at radius 3 is 2.65 bits per heavy atom. The molecule has 6 heteroatoms. The first-order chi connectivity index (χ1) is 8.09. The van der Waals surface area contributed by atoms with Crippen LogP contribution < -0.4 is 16.4 Å². The quantitative estimate of drug-likeness (QED) is 0.663. The highest BCUT2D eigenvalue weighted by molar-refractivity contribution is 5.91. The zero-order valence-electron chi connectivity index (χ0n) is 9.64. The molecule has 1 aromatic heterocycles. The fourth-order valence-electron chi connectivity index (χ4n) is 1.12. The van der Waals surface area contributed by atoms with Crippen molar-refractivity contribution < 1.29 is 9.59 Å². The summed E-state index contributed by atoms with van der Waals surface area (Å²) in [6.07, 6.45) is 3.39. The third-order valence-electron chi connectivity index (χ3n) is 2.03. The number of carbonyl (C=O) groups excluding carboxylic acids is 2. The number of rotatable bonds is 5. The molecule has 1 atom stereocenters. The molecule has 17 heavy (non-hydrogen) atoms. The second-order valence-corrected chi connectivity index (χ2v) is 3.61. The molecule has 1 unspecified atom stereocenters. The van der Waals surface area contributed by atoms with Gasteiger partial charge >= 0.3 is 0 Å². The fraction of sp³-hybridized carbons (Fsp3) is 0.364. The lowest BCUT2D eigenvalue weighted by Gasteiger charge is -2.08. The maximum Gasteiger partial charge on any atom is 0.236 e. The molecule has 92 valence electrons. The van der Waals surface area contributed by atoms with Crippen LogP contribution in [-0.4, -0.2) is 29.4 Å². The Balaban J connectivity index is 2.25. The van der Waals surface area contributed by atoms with Crippen molar-refractivity contribution in [1.82, 2.24) is 10.3 Å². The summed E-state index contributed by atoms with van der Waals surface area (Å²) in [6.45, 7) is 1.86. The molecule has 2 amide bonds. The highest BCUT2D eigenvalue weighted by atomic mass is 16.2. The number of carbonyl (C=O) groups is 2.